The Bertz CT molecular complexity index is 867. The standard InChI is InChI=1S/C16H19N3O3S2/c1-3-7-19(12-6-8-24(21,22)10-12)16(20)14-9-13(17-18-14)15-5-4-11(2)23-15/h3-5,9,12H,1,6-8,10H2,2H3,(H,17,18)/t12-/m1/s1. The average molecular weight is 365 g/mol. The van der Waals surface area contributed by atoms with Gasteiger partial charge in [0.1, 0.15) is 0 Å². The summed E-state index contributed by atoms with van der Waals surface area (Å²) in [7, 11) is -3.06. The molecule has 2 aromatic rings. The van der Waals surface area contributed by atoms with Crippen LogP contribution < -0.4 is 0 Å². The maximum Gasteiger partial charge on any atom is 0.274 e. The molecular formula is C16H19N3O3S2. The largest absolute Gasteiger partial charge is 0.330 e. The summed E-state index contributed by atoms with van der Waals surface area (Å²) < 4.78 is 23.4. The number of carbonyl (C=O) groups excluding carboxylic acids is 1. The monoisotopic (exact) mass is 365 g/mol. The zero-order valence-corrected chi connectivity index (χ0v) is 15.0. The summed E-state index contributed by atoms with van der Waals surface area (Å²) in [6.45, 7) is 5.99. The first-order chi connectivity index (χ1) is 11.4. The Morgan fingerprint density at radius 2 is 2.33 bits per heavy atom. The van der Waals surface area contributed by atoms with E-state index in [1.807, 2.05) is 19.1 Å². The predicted octanol–water partition coefficient (Wildman–Crippen LogP) is 2.26. The summed E-state index contributed by atoms with van der Waals surface area (Å²) in [4.78, 5) is 16.5. The molecule has 0 spiro atoms. The van der Waals surface area contributed by atoms with Crippen molar-refractivity contribution in [2.45, 2.75) is 19.4 Å². The SMILES string of the molecule is C=CCN(C(=O)c1cc(-c2ccc(C)s2)[nH]n1)[C@@H]1CCS(=O)(=O)C1. The Morgan fingerprint density at radius 3 is 2.92 bits per heavy atom. The third kappa shape index (κ3) is 3.44. The van der Waals surface area contributed by atoms with Crippen LogP contribution in [0.3, 0.4) is 0 Å². The van der Waals surface area contributed by atoms with Gasteiger partial charge in [-0.15, -0.1) is 17.9 Å². The number of nitrogens with one attached hydrogen (secondary N) is 1. The first-order valence-corrected chi connectivity index (χ1v) is 10.3. The fourth-order valence-corrected chi connectivity index (χ4v) is 5.41. The molecule has 0 saturated carbocycles. The van der Waals surface area contributed by atoms with E-state index < -0.39 is 9.84 Å². The van der Waals surface area contributed by atoms with E-state index in [9.17, 15) is 13.2 Å². The average Bonchev–Trinajstić information content (AvgIpc) is 3.23. The molecule has 6 nitrogen and oxygen atoms in total. The number of hydrogen-bond acceptors (Lipinski definition) is 5. The van der Waals surface area contributed by atoms with Crippen LogP contribution >= 0.6 is 11.3 Å². The molecule has 1 amide bonds. The highest BCUT2D eigenvalue weighted by Gasteiger charge is 2.35. The second kappa shape index (κ2) is 6.52. The van der Waals surface area contributed by atoms with E-state index in [2.05, 4.69) is 16.8 Å². The van der Waals surface area contributed by atoms with Gasteiger partial charge >= 0.3 is 0 Å². The molecule has 128 valence electrons. The molecule has 0 aromatic carbocycles. The molecule has 0 unspecified atom stereocenters. The van der Waals surface area contributed by atoms with Crippen LogP contribution in [0.5, 0.6) is 0 Å². The molecule has 3 rings (SSSR count). The number of thiophene rings is 1. The van der Waals surface area contributed by atoms with Gasteiger partial charge in [-0.25, -0.2) is 8.42 Å². The van der Waals surface area contributed by atoms with Crippen molar-refractivity contribution < 1.29 is 13.2 Å². The Morgan fingerprint density at radius 1 is 1.54 bits per heavy atom. The number of amides is 1. The first-order valence-electron chi connectivity index (χ1n) is 7.64. The highest BCUT2D eigenvalue weighted by Crippen LogP contribution is 2.27. The molecule has 1 saturated heterocycles. The number of nitrogens with zero attached hydrogens (tertiary/aromatic N) is 2. The smallest absolute Gasteiger partial charge is 0.274 e. The summed E-state index contributed by atoms with van der Waals surface area (Å²) in [5.41, 5.74) is 1.08. The minimum atomic E-state index is -3.06. The van der Waals surface area contributed by atoms with Crippen molar-refractivity contribution in [1.29, 1.82) is 0 Å². The van der Waals surface area contributed by atoms with Crippen molar-refractivity contribution in [3.8, 4) is 10.6 Å². The first kappa shape index (κ1) is 16.9. The zero-order valence-electron chi connectivity index (χ0n) is 13.4. The van der Waals surface area contributed by atoms with Crippen LogP contribution in [-0.2, 0) is 9.84 Å². The quantitative estimate of drug-likeness (QED) is 0.824. The molecule has 0 aliphatic carbocycles. The molecule has 3 heterocycles. The van der Waals surface area contributed by atoms with Crippen molar-refractivity contribution >= 4 is 27.1 Å². The Hall–Kier alpha value is -1.93. The molecule has 1 aliphatic heterocycles. The lowest BCUT2D eigenvalue weighted by Crippen LogP contribution is -2.41. The summed E-state index contributed by atoms with van der Waals surface area (Å²) in [5.74, 6) is -0.139. The molecule has 24 heavy (non-hydrogen) atoms. The fraction of sp³-hybridized carbons (Fsp3) is 0.375. The number of carbonyl (C=O) groups is 1. The molecule has 1 aliphatic rings. The maximum atomic E-state index is 12.8. The van der Waals surface area contributed by atoms with Gasteiger partial charge in [0.2, 0.25) is 0 Å². The van der Waals surface area contributed by atoms with Crippen LogP contribution in [0.25, 0.3) is 10.6 Å². The van der Waals surface area contributed by atoms with Crippen molar-refractivity contribution in [1.82, 2.24) is 15.1 Å². The van der Waals surface area contributed by atoms with Crippen molar-refractivity contribution in [3.63, 3.8) is 0 Å². The minimum Gasteiger partial charge on any atom is -0.330 e. The van der Waals surface area contributed by atoms with Gasteiger partial charge in [0.15, 0.2) is 15.5 Å². The molecule has 1 fully saturated rings. The molecule has 1 N–H and O–H groups in total. The van der Waals surface area contributed by atoms with E-state index in [1.54, 1.807) is 28.4 Å². The van der Waals surface area contributed by atoms with Crippen LogP contribution in [-0.4, -0.2) is 53.5 Å². The second-order valence-corrected chi connectivity index (χ2v) is 9.40. The molecule has 0 bridgehead atoms. The third-order valence-corrected chi connectivity index (χ3v) is 6.82. The second-order valence-electron chi connectivity index (χ2n) is 5.88. The lowest BCUT2D eigenvalue weighted by atomic mass is 10.2. The van der Waals surface area contributed by atoms with Gasteiger partial charge in [0.25, 0.3) is 5.91 Å². The number of hydrogen-bond donors (Lipinski definition) is 1. The van der Waals surface area contributed by atoms with Gasteiger partial charge < -0.3 is 4.90 Å². The summed E-state index contributed by atoms with van der Waals surface area (Å²) >= 11 is 1.62. The van der Waals surface area contributed by atoms with Crippen LogP contribution in [0.2, 0.25) is 0 Å². The van der Waals surface area contributed by atoms with Crippen molar-refractivity contribution in [2.75, 3.05) is 18.1 Å². The lowest BCUT2D eigenvalue weighted by molar-refractivity contribution is 0.0714. The normalized spacial score (nSPS) is 19.3. The van der Waals surface area contributed by atoms with E-state index in [4.69, 9.17) is 0 Å². The topological polar surface area (TPSA) is 83.1 Å². The van der Waals surface area contributed by atoms with Gasteiger partial charge in [0, 0.05) is 17.5 Å². The van der Waals surface area contributed by atoms with Crippen molar-refractivity contribution in [3.05, 3.63) is 41.4 Å². The molecule has 8 heteroatoms. The van der Waals surface area contributed by atoms with Crippen LogP contribution in [0.4, 0.5) is 0 Å². The highest BCUT2D eigenvalue weighted by atomic mass is 32.2. The maximum absolute atomic E-state index is 12.8. The van der Waals surface area contributed by atoms with Crippen LogP contribution in [0, 0.1) is 6.92 Å². The van der Waals surface area contributed by atoms with E-state index in [0.717, 1.165) is 10.6 Å². The lowest BCUT2D eigenvalue weighted by Gasteiger charge is -2.26. The minimum absolute atomic E-state index is 0.00792. The fourth-order valence-electron chi connectivity index (χ4n) is 2.84. The number of aromatic amines is 1. The summed E-state index contributed by atoms with van der Waals surface area (Å²) in [6, 6.07) is 5.39. The van der Waals surface area contributed by atoms with E-state index >= 15 is 0 Å². The van der Waals surface area contributed by atoms with Gasteiger partial charge in [-0.2, -0.15) is 5.10 Å². The Labute approximate surface area is 145 Å². The van der Waals surface area contributed by atoms with E-state index in [-0.39, 0.29) is 23.5 Å². The van der Waals surface area contributed by atoms with E-state index in [0.29, 0.717) is 18.7 Å². The molecular weight excluding hydrogens is 346 g/mol. The van der Waals surface area contributed by atoms with Crippen molar-refractivity contribution in [2.24, 2.45) is 0 Å². The number of aryl methyl sites for hydroxylation is 1. The number of rotatable bonds is 5. The predicted molar refractivity (Wildman–Crippen MR) is 94.9 cm³/mol. The number of sulfone groups is 1. The number of aromatic nitrogens is 2. The number of H-pyrrole nitrogens is 1. The molecule has 0 radical (unpaired) electrons. The Kier molecular flexibility index (Phi) is 4.60. The molecule has 1 atom stereocenters. The summed E-state index contributed by atoms with van der Waals surface area (Å²) in [5, 5.41) is 7.01. The zero-order chi connectivity index (χ0) is 17.3. The highest BCUT2D eigenvalue weighted by molar-refractivity contribution is 7.91. The Balaban J connectivity index is 1.83. The third-order valence-electron chi connectivity index (χ3n) is 4.04. The van der Waals surface area contributed by atoms with Crippen LogP contribution in [0.1, 0.15) is 21.8 Å². The van der Waals surface area contributed by atoms with Gasteiger partial charge in [-0.05, 0) is 31.5 Å². The molecule has 2 aromatic heterocycles. The van der Waals surface area contributed by atoms with E-state index in [1.165, 1.54) is 4.88 Å². The van der Waals surface area contributed by atoms with Crippen LogP contribution in [0.15, 0.2) is 30.9 Å². The van der Waals surface area contributed by atoms with Gasteiger partial charge in [0.05, 0.1) is 22.1 Å². The van der Waals surface area contributed by atoms with Gasteiger partial charge in [-0.1, -0.05) is 6.08 Å². The van der Waals surface area contributed by atoms with Gasteiger partial charge in [-0.3, -0.25) is 9.89 Å². The summed E-state index contributed by atoms with van der Waals surface area (Å²) in [6.07, 6.45) is 2.07.